The van der Waals surface area contributed by atoms with Crippen molar-refractivity contribution in [3.05, 3.63) is 35.0 Å². The van der Waals surface area contributed by atoms with Gasteiger partial charge in [-0.15, -0.1) is 0 Å². The number of imide groups is 1. The van der Waals surface area contributed by atoms with Crippen LogP contribution in [0.1, 0.15) is 24.0 Å². The number of carboxylic acid groups (broad SMARTS) is 1. The number of hydrogen-bond donors (Lipinski definition) is 2. The van der Waals surface area contributed by atoms with Gasteiger partial charge in [-0.05, 0) is 49.1 Å². The van der Waals surface area contributed by atoms with Gasteiger partial charge in [0.05, 0.1) is 0 Å². The Hall–Kier alpha value is -2.83. The van der Waals surface area contributed by atoms with Crippen molar-refractivity contribution >= 4 is 29.7 Å². The van der Waals surface area contributed by atoms with Crippen LogP contribution in [0.3, 0.4) is 0 Å². The third-order valence-corrected chi connectivity index (χ3v) is 4.28. The largest absolute Gasteiger partial charge is 0.480 e. The standard InChI is InChI=1S/C17H19N3O4/c1-11-8-13(19-6-2-3-7-19)5-4-12(11)9-14-16(23)20(10-15(21)22)17(24)18-14/h4-5,8-9H,2-3,6-7,10H2,1H3,(H,18,24)(H,21,22). The van der Waals surface area contributed by atoms with E-state index in [1.54, 1.807) is 6.08 Å². The van der Waals surface area contributed by atoms with Crippen LogP contribution >= 0.6 is 0 Å². The van der Waals surface area contributed by atoms with Gasteiger partial charge in [-0.1, -0.05) is 6.07 Å². The first-order valence-electron chi connectivity index (χ1n) is 7.87. The Bertz CT molecular complexity index is 735. The normalized spacial score (nSPS) is 19.3. The summed E-state index contributed by atoms with van der Waals surface area (Å²) in [6, 6.07) is 5.27. The SMILES string of the molecule is Cc1cc(N2CCCC2)ccc1C=C1NC(=O)N(CC(=O)O)C1=O. The van der Waals surface area contributed by atoms with Gasteiger partial charge in [-0.2, -0.15) is 0 Å². The number of urea groups is 1. The second-order valence-corrected chi connectivity index (χ2v) is 6.01. The van der Waals surface area contributed by atoms with E-state index in [-0.39, 0.29) is 5.70 Å². The summed E-state index contributed by atoms with van der Waals surface area (Å²) in [6.45, 7) is 3.41. The van der Waals surface area contributed by atoms with Gasteiger partial charge in [0.1, 0.15) is 12.2 Å². The third kappa shape index (κ3) is 3.10. The number of anilines is 1. The molecule has 2 heterocycles. The fraction of sp³-hybridized carbons (Fsp3) is 0.353. The lowest BCUT2D eigenvalue weighted by molar-refractivity contribution is -0.140. The number of aliphatic carboxylic acids is 1. The fourth-order valence-corrected chi connectivity index (χ4v) is 3.00. The zero-order valence-corrected chi connectivity index (χ0v) is 13.4. The van der Waals surface area contributed by atoms with Crippen LogP contribution in [0.4, 0.5) is 10.5 Å². The van der Waals surface area contributed by atoms with Crippen LogP contribution in [-0.4, -0.2) is 47.5 Å². The summed E-state index contributed by atoms with van der Waals surface area (Å²) >= 11 is 0. The smallest absolute Gasteiger partial charge is 0.329 e. The molecule has 0 saturated carbocycles. The molecule has 3 rings (SSSR count). The quantitative estimate of drug-likeness (QED) is 0.646. The van der Waals surface area contributed by atoms with Crippen molar-refractivity contribution in [1.82, 2.24) is 10.2 Å². The monoisotopic (exact) mass is 329 g/mol. The summed E-state index contributed by atoms with van der Waals surface area (Å²) in [6.07, 6.45) is 3.99. The number of rotatable bonds is 4. The first-order valence-corrected chi connectivity index (χ1v) is 7.87. The van der Waals surface area contributed by atoms with Crippen molar-refractivity contribution in [3.63, 3.8) is 0 Å². The second kappa shape index (κ2) is 6.35. The number of hydrogen-bond acceptors (Lipinski definition) is 4. The van der Waals surface area contributed by atoms with Gasteiger partial charge < -0.3 is 15.3 Å². The van der Waals surface area contributed by atoms with Gasteiger partial charge in [0, 0.05) is 18.8 Å². The van der Waals surface area contributed by atoms with Gasteiger partial charge in [0.25, 0.3) is 5.91 Å². The van der Waals surface area contributed by atoms with Crippen LogP contribution < -0.4 is 10.2 Å². The predicted molar refractivity (Wildman–Crippen MR) is 88.5 cm³/mol. The van der Waals surface area contributed by atoms with E-state index in [1.807, 2.05) is 19.1 Å². The summed E-state index contributed by atoms with van der Waals surface area (Å²) in [5.41, 5.74) is 3.06. The van der Waals surface area contributed by atoms with Gasteiger partial charge >= 0.3 is 12.0 Å². The number of carbonyl (C=O) groups is 3. The zero-order chi connectivity index (χ0) is 17.3. The molecule has 2 N–H and O–H groups in total. The number of nitrogens with one attached hydrogen (secondary N) is 1. The molecular formula is C17H19N3O4. The maximum atomic E-state index is 12.1. The highest BCUT2D eigenvalue weighted by molar-refractivity contribution is 6.15. The van der Waals surface area contributed by atoms with E-state index in [0.29, 0.717) is 4.90 Å². The molecule has 7 heteroatoms. The molecule has 1 aromatic rings. The number of amides is 3. The molecule has 2 aliphatic rings. The molecule has 1 aromatic carbocycles. The van der Waals surface area contributed by atoms with E-state index in [4.69, 9.17) is 5.11 Å². The van der Waals surface area contributed by atoms with Gasteiger partial charge in [-0.3, -0.25) is 9.59 Å². The van der Waals surface area contributed by atoms with Crippen molar-refractivity contribution in [1.29, 1.82) is 0 Å². The molecule has 126 valence electrons. The Kier molecular flexibility index (Phi) is 4.24. The van der Waals surface area contributed by atoms with E-state index in [9.17, 15) is 14.4 Å². The molecule has 0 unspecified atom stereocenters. The van der Waals surface area contributed by atoms with Crippen LogP contribution in [-0.2, 0) is 9.59 Å². The van der Waals surface area contributed by atoms with E-state index < -0.39 is 24.5 Å². The lowest BCUT2D eigenvalue weighted by atomic mass is 10.1. The molecule has 0 spiro atoms. The summed E-state index contributed by atoms with van der Waals surface area (Å²) in [5.74, 6) is -1.85. The Labute approximate surface area is 139 Å². The Morgan fingerprint density at radius 1 is 1.29 bits per heavy atom. The van der Waals surface area contributed by atoms with E-state index in [0.717, 1.165) is 29.9 Å². The highest BCUT2D eigenvalue weighted by atomic mass is 16.4. The van der Waals surface area contributed by atoms with Crippen LogP contribution in [0, 0.1) is 6.92 Å². The maximum Gasteiger partial charge on any atom is 0.329 e. The number of benzene rings is 1. The van der Waals surface area contributed by atoms with Crippen molar-refractivity contribution in [2.75, 3.05) is 24.5 Å². The lowest BCUT2D eigenvalue weighted by Crippen LogP contribution is -2.35. The highest BCUT2D eigenvalue weighted by Crippen LogP contribution is 2.24. The molecule has 2 aliphatic heterocycles. The molecule has 3 amide bonds. The van der Waals surface area contributed by atoms with Crippen LogP contribution in [0.25, 0.3) is 6.08 Å². The second-order valence-electron chi connectivity index (χ2n) is 6.01. The Morgan fingerprint density at radius 2 is 2.00 bits per heavy atom. The number of carboxylic acids is 1. The van der Waals surface area contributed by atoms with Gasteiger partial charge in [0.15, 0.2) is 0 Å². The van der Waals surface area contributed by atoms with Crippen molar-refractivity contribution < 1.29 is 19.5 Å². The summed E-state index contributed by atoms with van der Waals surface area (Å²) in [7, 11) is 0. The van der Waals surface area contributed by atoms with Gasteiger partial charge in [-0.25, -0.2) is 9.69 Å². The minimum absolute atomic E-state index is 0.0956. The third-order valence-electron chi connectivity index (χ3n) is 4.28. The molecule has 0 bridgehead atoms. The lowest BCUT2D eigenvalue weighted by Gasteiger charge is -2.18. The molecule has 0 radical (unpaired) electrons. The highest BCUT2D eigenvalue weighted by Gasteiger charge is 2.34. The average Bonchev–Trinajstić information content (AvgIpc) is 3.14. The van der Waals surface area contributed by atoms with Crippen molar-refractivity contribution in [2.24, 2.45) is 0 Å². The number of carbonyl (C=O) groups excluding carboxylic acids is 2. The molecule has 2 saturated heterocycles. The fourth-order valence-electron chi connectivity index (χ4n) is 3.00. The van der Waals surface area contributed by atoms with Crippen LogP contribution in [0.15, 0.2) is 23.9 Å². The minimum Gasteiger partial charge on any atom is -0.480 e. The van der Waals surface area contributed by atoms with Crippen molar-refractivity contribution in [3.8, 4) is 0 Å². The first-order chi connectivity index (χ1) is 11.5. The van der Waals surface area contributed by atoms with Gasteiger partial charge in [0.2, 0.25) is 0 Å². The molecule has 24 heavy (non-hydrogen) atoms. The van der Waals surface area contributed by atoms with E-state index in [2.05, 4.69) is 16.3 Å². The predicted octanol–water partition coefficient (Wildman–Crippen LogP) is 1.57. The summed E-state index contributed by atoms with van der Waals surface area (Å²) in [5, 5.41) is 11.2. The Morgan fingerprint density at radius 3 is 2.62 bits per heavy atom. The summed E-state index contributed by atoms with van der Waals surface area (Å²) < 4.78 is 0. The molecule has 2 fully saturated rings. The Balaban J connectivity index is 1.82. The topological polar surface area (TPSA) is 90.0 Å². The average molecular weight is 329 g/mol. The molecule has 0 aliphatic carbocycles. The number of aryl methyl sites for hydroxylation is 1. The van der Waals surface area contributed by atoms with Crippen LogP contribution in [0.5, 0.6) is 0 Å². The molecule has 7 nitrogen and oxygen atoms in total. The minimum atomic E-state index is -1.23. The van der Waals surface area contributed by atoms with Crippen molar-refractivity contribution in [2.45, 2.75) is 19.8 Å². The molecule has 0 atom stereocenters. The maximum absolute atomic E-state index is 12.1. The molecule has 0 aromatic heterocycles. The van der Waals surface area contributed by atoms with Crippen LogP contribution in [0.2, 0.25) is 0 Å². The first kappa shape index (κ1) is 16.0. The molecular weight excluding hydrogens is 310 g/mol. The van der Waals surface area contributed by atoms with E-state index >= 15 is 0 Å². The number of nitrogens with zero attached hydrogens (tertiary/aromatic N) is 2. The van der Waals surface area contributed by atoms with E-state index in [1.165, 1.54) is 12.8 Å². The summed E-state index contributed by atoms with van der Waals surface area (Å²) in [4.78, 5) is 37.6. The zero-order valence-electron chi connectivity index (χ0n) is 13.4.